The Morgan fingerprint density at radius 2 is 2.19 bits per heavy atom. The Labute approximate surface area is 121 Å². The molecule has 1 saturated carbocycles. The monoisotopic (exact) mass is 287 g/mol. The van der Waals surface area contributed by atoms with Gasteiger partial charge >= 0.3 is 5.97 Å². The van der Waals surface area contributed by atoms with Crippen LogP contribution in [0.3, 0.4) is 0 Å². The fourth-order valence-electron chi connectivity index (χ4n) is 2.46. The molecule has 2 aromatic rings. The lowest BCUT2D eigenvalue weighted by molar-refractivity contribution is -0.121. The van der Waals surface area contributed by atoms with Gasteiger partial charge in [0.1, 0.15) is 11.3 Å². The van der Waals surface area contributed by atoms with Crippen LogP contribution in [0.15, 0.2) is 18.2 Å². The predicted molar refractivity (Wildman–Crippen MR) is 77.2 cm³/mol. The lowest BCUT2D eigenvalue weighted by Crippen LogP contribution is -2.26. The summed E-state index contributed by atoms with van der Waals surface area (Å²) in [6.07, 6.45) is 2.52. The van der Waals surface area contributed by atoms with Gasteiger partial charge in [-0.3, -0.25) is 4.79 Å². The van der Waals surface area contributed by atoms with Gasteiger partial charge in [0.25, 0.3) is 0 Å². The first-order valence-electron chi connectivity index (χ1n) is 7.05. The van der Waals surface area contributed by atoms with Crippen LogP contribution in [-0.2, 0) is 11.3 Å². The molecule has 1 heterocycles. The maximum Gasteiger partial charge on any atom is 0.337 e. The topological polar surface area (TPSA) is 84.2 Å². The van der Waals surface area contributed by atoms with Gasteiger partial charge < -0.3 is 15.0 Å². The van der Waals surface area contributed by atoms with Gasteiger partial charge in [0.15, 0.2) is 0 Å². The number of amides is 1. The van der Waals surface area contributed by atoms with Crippen molar-refractivity contribution in [3.05, 3.63) is 29.6 Å². The molecule has 1 fully saturated rings. The van der Waals surface area contributed by atoms with Gasteiger partial charge in [-0.2, -0.15) is 0 Å². The van der Waals surface area contributed by atoms with Gasteiger partial charge in [-0.05, 0) is 31.9 Å². The van der Waals surface area contributed by atoms with E-state index in [4.69, 9.17) is 0 Å². The van der Waals surface area contributed by atoms with Gasteiger partial charge in [-0.25, -0.2) is 9.78 Å². The molecule has 21 heavy (non-hydrogen) atoms. The van der Waals surface area contributed by atoms with Gasteiger partial charge in [-0.1, -0.05) is 6.07 Å². The largest absolute Gasteiger partial charge is 0.478 e. The van der Waals surface area contributed by atoms with Gasteiger partial charge in [0, 0.05) is 19.0 Å². The summed E-state index contributed by atoms with van der Waals surface area (Å²) in [6.45, 7) is 2.33. The molecule has 6 heteroatoms. The first-order chi connectivity index (χ1) is 10.1. The standard InChI is InChI=1S/C15H17N3O3/c1-9-16-14-11(15(20)21)3-2-4-12(14)18(9)8-7-13(19)17-10-5-6-10/h2-4,10H,5-8H2,1H3,(H,17,19)(H,20,21). The first kappa shape index (κ1) is 13.6. The van der Waals surface area contributed by atoms with Crippen LogP contribution in [0.2, 0.25) is 0 Å². The normalized spacial score (nSPS) is 14.3. The third kappa shape index (κ3) is 2.74. The summed E-state index contributed by atoms with van der Waals surface area (Å²) in [5, 5.41) is 12.1. The minimum atomic E-state index is -0.989. The number of fused-ring (bicyclic) bond motifs is 1. The first-order valence-corrected chi connectivity index (χ1v) is 7.05. The van der Waals surface area contributed by atoms with E-state index in [1.165, 1.54) is 0 Å². The van der Waals surface area contributed by atoms with Gasteiger partial charge in [0.05, 0.1) is 11.1 Å². The average Bonchev–Trinajstić information content (AvgIpc) is 3.17. The number of aromatic nitrogens is 2. The lowest BCUT2D eigenvalue weighted by Gasteiger charge is -2.07. The molecular formula is C15H17N3O3. The third-order valence-corrected chi connectivity index (χ3v) is 3.71. The molecule has 0 atom stereocenters. The predicted octanol–water partition coefficient (Wildman–Crippen LogP) is 1.71. The van der Waals surface area contributed by atoms with Crippen molar-refractivity contribution in [2.45, 2.75) is 38.8 Å². The van der Waals surface area contributed by atoms with Crippen LogP contribution in [0, 0.1) is 6.92 Å². The zero-order valence-corrected chi connectivity index (χ0v) is 11.8. The second kappa shape index (κ2) is 5.20. The van der Waals surface area contributed by atoms with E-state index < -0.39 is 5.97 Å². The van der Waals surface area contributed by atoms with E-state index in [9.17, 15) is 14.7 Å². The Morgan fingerprint density at radius 1 is 1.43 bits per heavy atom. The molecule has 6 nitrogen and oxygen atoms in total. The van der Waals surface area contributed by atoms with Crippen molar-refractivity contribution in [3.63, 3.8) is 0 Å². The van der Waals surface area contributed by atoms with Gasteiger partial charge in [-0.15, -0.1) is 0 Å². The summed E-state index contributed by atoms with van der Waals surface area (Å²) in [5.74, 6) is -0.234. The van der Waals surface area contributed by atoms with E-state index in [1.54, 1.807) is 12.1 Å². The van der Waals surface area contributed by atoms with E-state index in [-0.39, 0.29) is 11.5 Å². The molecule has 3 rings (SSSR count). The molecule has 0 saturated heterocycles. The fourth-order valence-corrected chi connectivity index (χ4v) is 2.46. The fraction of sp³-hybridized carbons (Fsp3) is 0.400. The molecule has 0 unspecified atom stereocenters. The number of benzene rings is 1. The van der Waals surface area contributed by atoms with Crippen LogP contribution in [0.25, 0.3) is 11.0 Å². The summed E-state index contributed by atoms with van der Waals surface area (Å²) in [7, 11) is 0. The van der Waals surface area contributed by atoms with Crippen LogP contribution in [0.5, 0.6) is 0 Å². The second-order valence-electron chi connectivity index (χ2n) is 5.38. The quantitative estimate of drug-likeness (QED) is 0.876. The molecule has 1 aliphatic rings. The SMILES string of the molecule is Cc1nc2c(C(=O)O)cccc2n1CCC(=O)NC1CC1. The number of para-hydroxylation sites is 1. The molecular weight excluding hydrogens is 270 g/mol. The van der Waals surface area contributed by atoms with E-state index >= 15 is 0 Å². The Kier molecular flexibility index (Phi) is 3.37. The van der Waals surface area contributed by atoms with Crippen molar-refractivity contribution in [2.24, 2.45) is 0 Å². The zero-order valence-electron chi connectivity index (χ0n) is 11.8. The molecule has 0 bridgehead atoms. The van der Waals surface area contributed by atoms with Crippen LogP contribution in [0.1, 0.15) is 35.4 Å². The Balaban J connectivity index is 1.84. The van der Waals surface area contributed by atoms with Crippen LogP contribution in [-0.4, -0.2) is 32.6 Å². The molecule has 0 spiro atoms. The minimum absolute atomic E-state index is 0.0353. The number of hydrogen-bond donors (Lipinski definition) is 2. The molecule has 0 radical (unpaired) electrons. The van der Waals surface area contributed by atoms with Crippen molar-refractivity contribution in [1.29, 1.82) is 0 Å². The van der Waals surface area contributed by atoms with E-state index in [0.717, 1.165) is 24.2 Å². The Hall–Kier alpha value is -2.37. The summed E-state index contributed by atoms with van der Waals surface area (Å²) in [4.78, 5) is 27.3. The number of aryl methyl sites for hydroxylation is 2. The highest BCUT2D eigenvalue weighted by Crippen LogP contribution is 2.21. The van der Waals surface area contributed by atoms with Crippen molar-refractivity contribution in [2.75, 3.05) is 0 Å². The highest BCUT2D eigenvalue weighted by Gasteiger charge is 2.23. The van der Waals surface area contributed by atoms with E-state index in [2.05, 4.69) is 10.3 Å². The number of hydrogen-bond acceptors (Lipinski definition) is 3. The Morgan fingerprint density at radius 3 is 2.86 bits per heavy atom. The number of carboxylic acids is 1. The molecule has 1 aromatic heterocycles. The molecule has 1 amide bonds. The highest BCUT2D eigenvalue weighted by molar-refractivity contribution is 6.01. The second-order valence-corrected chi connectivity index (χ2v) is 5.38. The van der Waals surface area contributed by atoms with Crippen LogP contribution >= 0.6 is 0 Å². The van der Waals surface area contributed by atoms with Gasteiger partial charge in [0.2, 0.25) is 5.91 Å². The highest BCUT2D eigenvalue weighted by atomic mass is 16.4. The van der Waals surface area contributed by atoms with E-state index in [0.29, 0.717) is 24.5 Å². The summed E-state index contributed by atoms with van der Waals surface area (Å²) < 4.78 is 1.90. The minimum Gasteiger partial charge on any atom is -0.478 e. The zero-order chi connectivity index (χ0) is 15.0. The van der Waals surface area contributed by atoms with Crippen molar-refractivity contribution >= 4 is 22.9 Å². The molecule has 1 aromatic carbocycles. The Bertz CT molecular complexity index is 716. The van der Waals surface area contributed by atoms with Crippen LogP contribution in [0.4, 0.5) is 0 Å². The maximum absolute atomic E-state index is 11.8. The molecule has 0 aliphatic heterocycles. The number of imidazole rings is 1. The number of carbonyl (C=O) groups is 2. The lowest BCUT2D eigenvalue weighted by atomic mass is 10.2. The third-order valence-electron chi connectivity index (χ3n) is 3.71. The summed E-state index contributed by atoms with van der Waals surface area (Å²) in [5.41, 5.74) is 1.42. The van der Waals surface area contributed by atoms with Crippen LogP contribution < -0.4 is 5.32 Å². The summed E-state index contributed by atoms with van der Waals surface area (Å²) >= 11 is 0. The van der Waals surface area contributed by atoms with Crippen molar-refractivity contribution < 1.29 is 14.7 Å². The summed E-state index contributed by atoms with van der Waals surface area (Å²) in [6, 6.07) is 5.44. The number of nitrogens with one attached hydrogen (secondary N) is 1. The smallest absolute Gasteiger partial charge is 0.337 e. The number of rotatable bonds is 5. The maximum atomic E-state index is 11.8. The molecule has 2 N–H and O–H groups in total. The van der Waals surface area contributed by atoms with Crippen molar-refractivity contribution in [1.82, 2.24) is 14.9 Å². The van der Waals surface area contributed by atoms with E-state index in [1.807, 2.05) is 17.6 Å². The number of nitrogens with zero attached hydrogens (tertiary/aromatic N) is 2. The van der Waals surface area contributed by atoms with Crippen molar-refractivity contribution in [3.8, 4) is 0 Å². The average molecular weight is 287 g/mol. The number of carboxylic acid groups (broad SMARTS) is 1. The number of aromatic carboxylic acids is 1. The number of carbonyl (C=O) groups excluding carboxylic acids is 1. The molecule has 1 aliphatic carbocycles. The molecule has 110 valence electrons.